The predicted molar refractivity (Wildman–Crippen MR) is 64.1 cm³/mol. The summed E-state index contributed by atoms with van der Waals surface area (Å²) in [5.41, 5.74) is -0.0118. The van der Waals surface area contributed by atoms with Gasteiger partial charge >= 0.3 is 0 Å². The molecule has 8 nitrogen and oxygen atoms in total. The van der Waals surface area contributed by atoms with Crippen LogP contribution in [0, 0.1) is 10.1 Å². The third-order valence-corrected chi connectivity index (χ3v) is 2.32. The van der Waals surface area contributed by atoms with Gasteiger partial charge in [0.15, 0.2) is 0 Å². The number of H-pyrrole nitrogens is 1. The highest BCUT2D eigenvalue weighted by atomic mass is 16.6. The van der Waals surface area contributed by atoms with E-state index in [0.717, 1.165) is 18.7 Å². The third-order valence-electron chi connectivity index (χ3n) is 2.32. The molecular weight excluding hydrogens is 236 g/mol. The first kappa shape index (κ1) is 12.0. The van der Waals surface area contributed by atoms with Crippen LogP contribution < -0.4 is 5.32 Å². The summed E-state index contributed by atoms with van der Waals surface area (Å²) in [7, 11) is 0. The van der Waals surface area contributed by atoms with Crippen molar-refractivity contribution in [2.24, 2.45) is 0 Å². The standard InChI is InChI=1S/C10H12N6O2/c17-16(18)8-3-4-9(12-6-8)11-5-1-2-10-13-7-14-15-10/h3-4,6-7H,1-2,5H2,(H,11,12)(H,13,14,15). The highest BCUT2D eigenvalue weighted by molar-refractivity contribution is 5.39. The Kier molecular flexibility index (Phi) is 3.79. The van der Waals surface area contributed by atoms with Gasteiger partial charge in [-0.2, -0.15) is 5.10 Å². The van der Waals surface area contributed by atoms with Crippen LogP contribution in [0.5, 0.6) is 0 Å². The number of aromatic nitrogens is 4. The maximum Gasteiger partial charge on any atom is 0.287 e. The van der Waals surface area contributed by atoms with Crippen molar-refractivity contribution >= 4 is 11.5 Å². The van der Waals surface area contributed by atoms with Gasteiger partial charge in [0.25, 0.3) is 5.69 Å². The number of rotatable bonds is 6. The van der Waals surface area contributed by atoms with E-state index in [2.05, 4.69) is 25.5 Å². The Hall–Kier alpha value is -2.51. The molecule has 0 radical (unpaired) electrons. The van der Waals surface area contributed by atoms with Gasteiger partial charge in [-0.15, -0.1) is 0 Å². The summed E-state index contributed by atoms with van der Waals surface area (Å²) in [6.45, 7) is 0.714. The summed E-state index contributed by atoms with van der Waals surface area (Å²) in [6, 6.07) is 3.01. The number of hydrogen-bond acceptors (Lipinski definition) is 6. The van der Waals surface area contributed by atoms with Gasteiger partial charge in [0.05, 0.1) is 4.92 Å². The lowest BCUT2D eigenvalue weighted by Gasteiger charge is -2.03. The zero-order valence-electron chi connectivity index (χ0n) is 9.54. The maximum atomic E-state index is 10.4. The quantitative estimate of drug-likeness (QED) is 0.451. The molecule has 0 unspecified atom stereocenters. The molecule has 0 aromatic carbocycles. The molecule has 0 aliphatic heterocycles. The first-order valence-corrected chi connectivity index (χ1v) is 5.44. The van der Waals surface area contributed by atoms with E-state index in [4.69, 9.17) is 0 Å². The molecule has 0 aliphatic carbocycles. The number of hydrogen-bond donors (Lipinski definition) is 2. The van der Waals surface area contributed by atoms with Crippen LogP contribution in [-0.4, -0.2) is 31.6 Å². The number of pyridine rings is 1. The van der Waals surface area contributed by atoms with Gasteiger partial charge in [0.1, 0.15) is 24.2 Å². The minimum Gasteiger partial charge on any atom is -0.370 e. The number of nitrogens with zero attached hydrogens (tertiary/aromatic N) is 4. The molecule has 0 atom stereocenters. The summed E-state index contributed by atoms with van der Waals surface area (Å²) < 4.78 is 0. The molecule has 2 heterocycles. The smallest absolute Gasteiger partial charge is 0.287 e. The van der Waals surface area contributed by atoms with Crippen molar-refractivity contribution in [2.45, 2.75) is 12.8 Å². The van der Waals surface area contributed by atoms with Crippen LogP contribution >= 0.6 is 0 Å². The fraction of sp³-hybridized carbons (Fsp3) is 0.300. The number of anilines is 1. The lowest BCUT2D eigenvalue weighted by atomic mass is 10.3. The van der Waals surface area contributed by atoms with Gasteiger partial charge < -0.3 is 5.32 Å². The lowest BCUT2D eigenvalue weighted by molar-refractivity contribution is -0.385. The Morgan fingerprint density at radius 2 is 2.28 bits per heavy atom. The van der Waals surface area contributed by atoms with E-state index in [1.807, 2.05) is 0 Å². The highest BCUT2D eigenvalue weighted by Gasteiger charge is 2.04. The van der Waals surface area contributed by atoms with Crippen LogP contribution in [0.15, 0.2) is 24.7 Å². The Morgan fingerprint density at radius 3 is 2.89 bits per heavy atom. The molecule has 0 amide bonds. The fourth-order valence-electron chi connectivity index (χ4n) is 1.42. The molecule has 2 rings (SSSR count). The van der Waals surface area contributed by atoms with Gasteiger partial charge in [-0.1, -0.05) is 0 Å². The molecular formula is C10H12N6O2. The molecule has 0 saturated carbocycles. The fourth-order valence-corrected chi connectivity index (χ4v) is 1.42. The van der Waals surface area contributed by atoms with Crippen LogP contribution in [-0.2, 0) is 6.42 Å². The van der Waals surface area contributed by atoms with Gasteiger partial charge in [-0.05, 0) is 12.5 Å². The Morgan fingerprint density at radius 1 is 1.39 bits per heavy atom. The van der Waals surface area contributed by atoms with Crippen molar-refractivity contribution in [3.63, 3.8) is 0 Å². The van der Waals surface area contributed by atoms with E-state index in [-0.39, 0.29) is 5.69 Å². The van der Waals surface area contributed by atoms with Crippen LogP contribution in [0.25, 0.3) is 0 Å². The van der Waals surface area contributed by atoms with Gasteiger partial charge in [0, 0.05) is 19.0 Å². The minimum absolute atomic E-state index is 0.0118. The van der Waals surface area contributed by atoms with Crippen molar-refractivity contribution in [2.75, 3.05) is 11.9 Å². The maximum absolute atomic E-state index is 10.4. The number of aryl methyl sites for hydroxylation is 1. The predicted octanol–water partition coefficient (Wildman–Crippen LogP) is 1.15. The lowest BCUT2D eigenvalue weighted by Crippen LogP contribution is -2.05. The van der Waals surface area contributed by atoms with E-state index < -0.39 is 4.92 Å². The van der Waals surface area contributed by atoms with Crippen molar-refractivity contribution in [1.82, 2.24) is 20.2 Å². The van der Waals surface area contributed by atoms with Gasteiger partial charge in [-0.3, -0.25) is 15.2 Å². The molecule has 0 fully saturated rings. The van der Waals surface area contributed by atoms with E-state index >= 15 is 0 Å². The van der Waals surface area contributed by atoms with E-state index in [1.54, 1.807) is 6.07 Å². The van der Waals surface area contributed by atoms with E-state index in [9.17, 15) is 10.1 Å². The molecule has 2 aromatic rings. The molecule has 0 spiro atoms. The summed E-state index contributed by atoms with van der Waals surface area (Å²) in [5.74, 6) is 1.46. The van der Waals surface area contributed by atoms with Crippen molar-refractivity contribution in [3.05, 3.63) is 40.6 Å². The minimum atomic E-state index is -0.472. The Labute approximate surface area is 103 Å². The van der Waals surface area contributed by atoms with Crippen LogP contribution in [0.3, 0.4) is 0 Å². The third kappa shape index (κ3) is 3.24. The van der Waals surface area contributed by atoms with Crippen LogP contribution in [0.4, 0.5) is 11.5 Å². The molecule has 0 saturated heterocycles. The monoisotopic (exact) mass is 248 g/mol. The Balaban J connectivity index is 1.75. The largest absolute Gasteiger partial charge is 0.370 e. The van der Waals surface area contributed by atoms with E-state index in [0.29, 0.717) is 12.4 Å². The normalized spacial score (nSPS) is 10.2. The van der Waals surface area contributed by atoms with Gasteiger partial charge in [-0.25, -0.2) is 9.97 Å². The average molecular weight is 248 g/mol. The molecule has 2 N–H and O–H groups in total. The SMILES string of the molecule is O=[N+]([O-])c1ccc(NCCCc2ncn[nH]2)nc1. The first-order valence-electron chi connectivity index (χ1n) is 5.44. The summed E-state index contributed by atoms with van der Waals surface area (Å²) >= 11 is 0. The number of nitro groups is 1. The molecule has 18 heavy (non-hydrogen) atoms. The zero-order chi connectivity index (χ0) is 12.8. The first-order chi connectivity index (χ1) is 8.75. The molecule has 0 bridgehead atoms. The van der Waals surface area contributed by atoms with Crippen LogP contribution in [0.2, 0.25) is 0 Å². The van der Waals surface area contributed by atoms with Crippen molar-refractivity contribution in [3.8, 4) is 0 Å². The number of aromatic amines is 1. The summed E-state index contributed by atoms with van der Waals surface area (Å²) in [6.07, 6.45) is 4.37. The molecule has 0 aliphatic rings. The summed E-state index contributed by atoms with van der Waals surface area (Å²) in [5, 5.41) is 20.0. The average Bonchev–Trinajstić information content (AvgIpc) is 2.88. The van der Waals surface area contributed by atoms with E-state index in [1.165, 1.54) is 18.6 Å². The zero-order valence-corrected chi connectivity index (χ0v) is 9.54. The highest BCUT2D eigenvalue weighted by Crippen LogP contribution is 2.11. The second kappa shape index (κ2) is 5.71. The topological polar surface area (TPSA) is 110 Å². The second-order valence-corrected chi connectivity index (χ2v) is 3.62. The van der Waals surface area contributed by atoms with Gasteiger partial charge in [0.2, 0.25) is 0 Å². The summed E-state index contributed by atoms with van der Waals surface area (Å²) in [4.78, 5) is 17.9. The molecule has 8 heteroatoms. The molecule has 2 aromatic heterocycles. The number of nitrogens with one attached hydrogen (secondary N) is 2. The molecule has 94 valence electrons. The second-order valence-electron chi connectivity index (χ2n) is 3.62. The van der Waals surface area contributed by atoms with Crippen LogP contribution in [0.1, 0.15) is 12.2 Å². The van der Waals surface area contributed by atoms with Crippen molar-refractivity contribution < 1.29 is 4.92 Å². The van der Waals surface area contributed by atoms with Crippen molar-refractivity contribution in [1.29, 1.82) is 0 Å². The Bertz CT molecular complexity index is 496.